The van der Waals surface area contributed by atoms with Crippen molar-refractivity contribution in [2.45, 2.75) is 25.1 Å². The van der Waals surface area contributed by atoms with Crippen LogP contribution in [0.5, 0.6) is 0 Å². The first-order chi connectivity index (χ1) is 5.95. The van der Waals surface area contributed by atoms with Crippen LogP contribution >= 0.6 is 0 Å². The summed E-state index contributed by atoms with van der Waals surface area (Å²) >= 11 is 0. The van der Waals surface area contributed by atoms with E-state index in [2.05, 4.69) is 11.3 Å². The van der Waals surface area contributed by atoms with Crippen molar-refractivity contribution in [3.8, 4) is 0 Å². The molecule has 0 aromatic carbocycles. The molecule has 0 bridgehead atoms. The van der Waals surface area contributed by atoms with Crippen molar-refractivity contribution in [1.82, 2.24) is 9.78 Å². The highest BCUT2D eigenvalue weighted by Gasteiger charge is 2.41. The van der Waals surface area contributed by atoms with Gasteiger partial charge in [-0.1, -0.05) is 0 Å². The number of nitrogens with zero attached hydrogens (tertiary/aromatic N) is 2. The highest BCUT2D eigenvalue weighted by Crippen LogP contribution is 2.33. The molecule has 0 amide bonds. The Morgan fingerprint density at radius 3 is 3.00 bits per heavy atom. The predicted molar refractivity (Wildman–Crippen MR) is 47.9 cm³/mol. The molecule has 0 spiro atoms. The summed E-state index contributed by atoms with van der Waals surface area (Å²) in [6, 6.07) is 1.65. The van der Waals surface area contributed by atoms with Crippen molar-refractivity contribution in [3.05, 3.63) is 18.0 Å². The van der Waals surface area contributed by atoms with Crippen molar-refractivity contribution in [1.29, 1.82) is 0 Å². The number of hydrogen-bond acceptors (Lipinski definition) is 3. The van der Waals surface area contributed by atoms with Gasteiger partial charge in [0.1, 0.15) is 10.9 Å². The van der Waals surface area contributed by atoms with Crippen LogP contribution in [-0.2, 0) is 21.1 Å². The third-order valence-corrected chi connectivity index (χ3v) is 5.11. The molecule has 0 saturated heterocycles. The molecule has 71 valence electrons. The Balaban J connectivity index is 2.68. The first kappa shape index (κ1) is 8.74. The maximum absolute atomic E-state index is 11.7. The summed E-state index contributed by atoms with van der Waals surface area (Å²) < 4.78 is 24.3. The molecule has 1 aliphatic heterocycles. The van der Waals surface area contributed by atoms with Crippen LogP contribution in [0.25, 0.3) is 0 Å². The Hall–Kier alpha value is -0.840. The van der Waals surface area contributed by atoms with Gasteiger partial charge in [-0.05, 0) is 19.9 Å². The van der Waals surface area contributed by atoms with Gasteiger partial charge >= 0.3 is 0 Å². The molecule has 0 aliphatic carbocycles. The fourth-order valence-electron chi connectivity index (χ4n) is 1.56. The Bertz CT molecular complexity index is 431. The van der Waals surface area contributed by atoms with E-state index in [0.29, 0.717) is 6.54 Å². The number of hydrogen-bond donors (Lipinski definition) is 0. The van der Waals surface area contributed by atoms with Gasteiger partial charge in [0, 0.05) is 0 Å². The molecule has 2 heterocycles. The molecule has 0 unspecified atom stereocenters. The molecule has 1 aromatic rings. The summed E-state index contributed by atoms with van der Waals surface area (Å²) in [7, 11) is -3.03. The highest BCUT2D eigenvalue weighted by atomic mass is 32.2. The lowest BCUT2D eigenvalue weighted by molar-refractivity contribution is 0.488. The lowest BCUT2D eigenvalue weighted by atomic mass is 10.1. The standard InChI is InChI=1S/C8H11N2O2S/c1-8(2)7-3-4-9-10(7)5-6-13(8,11)12/h3H,5-6H2,1-2H3. The molecule has 4 nitrogen and oxygen atoms in total. The van der Waals surface area contributed by atoms with E-state index in [1.165, 1.54) is 0 Å². The SMILES string of the molecule is CC1(C)c2c[c]nn2CCS1(=O)=O. The Morgan fingerprint density at radius 1 is 1.62 bits per heavy atom. The zero-order chi connectivity index (χ0) is 9.69. The summed E-state index contributed by atoms with van der Waals surface area (Å²) in [6.07, 6.45) is 2.68. The second-order valence-corrected chi connectivity index (χ2v) is 6.37. The lowest BCUT2D eigenvalue weighted by Gasteiger charge is -2.30. The van der Waals surface area contributed by atoms with Gasteiger partial charge < -0.3 is 0 Å². The van der Waals surface area contributed by atoms with E-state index in [0.717, 1.165) is 5.69 Å². The van der Waals surface area contributed by atoms with E-state index in [-0.39, 0.29) is 5.75 Å². The zero-order valence-electron chi connectivity index (χ0n) is 7.61. The van der Waals surface area contributed by atoms with Crippen LogP contribution in [0, 0.1) is 6.20 Å². The number of aromatic nitrogens is 2. The average Bonchev–Trinajstić information content (AvgIpc) is 2.46. The van der Waals surface area contributed by atoms with Gasteiger partial charge in [-0.15, -0.1) is 0 Å². The van der Waals surface area contributed by atoms with E-state index in [1.54, 1.807) is 24.6 Å². The molecule has 0 fully saturated rings. The summed E-state index contributed by atoms with van der Waals surface area (Å²) in [4.78, 5) is 0. The molecule has 1 aromatic heterocycles. The Labute approximate surface area is 77.5 Å². The molecule has 0 atom stereocenters. The van der Waals surface area contributed by atoms with Crippen molar-refractivity contribution in [2.24, 2.45) is 0 Å². The molecule has 0 N–H and O–H groups in total. The monoisotopic (exact) mass is 199 g/mol. The fraction of sp³-hybridized carbons (Fsp3) is 0.625. The topological polar surface area (TPSA) is 52.0 Å². The van der Waals surface area contributed by atoms with Gasteiger partial charge in [-0.3, -0.25) is 4.68 Å². The van der Waals surface area contributed by atoms with Crippen LogP contribution < -0.4 is 0 Å². The summed E-state index contributed by atoms with van der Waals surface area (Å²) in [6.45, 7) is 3.87. The molecule has 1 radical (unpaired) electrons. The molecule has 0 saturated carbocycles. The van der Waals surface area contributed by atoms with E-state index in [4.69, 9.17) is 0 Å². The number of aryl methyl sites for hydroxylation is 1. The van der Waals surface area contributed by atoms with Crippen LogP contribution in [0.1, 0.15) is 19.5 Å². The van der Waals surface area contributed by atoms with Gasteiger partial charge in [-0.2, -0.15) is 5.10 Å². The zero-order valence-corrected chi connectivity index (χ0v) is 8.43. The number of rotatable bonds is 0. The molecule has 1 aliphatic rings. The summed E-state index contributed by atoms with van der Waals surface area (Å²) in [5, 5.41) is 3.95. The van der Waals surface area contributed by atoms with Crippen LogP contribution in [0.15, 0.2) is 6.07 Å². The fourth-order valence-corrected chi connectivity index (χ4v) is 2.97. The van der Waals surface area contributed by atoms with Gasteiger partial charge in [0.2, 0.25) is 0 Å². The Kier molecular flexibility index (Phi) is 1.58. The van der Waals surface area contributed by atoms with Crippen molar-refractivity contribution >= 4 is 9.84 Å². The summed E-state index contributed by atoms with van der Waals surface area (Å²) in [5.74, 6) is 0.169. The molecule has 5 heteroatoms. The quantitative estimate of drug-likeness (QED) is 0.605. The second kappa shape index (κ2) is 2.35. The van der Waals surface area contributed by atoms with E-state index in [9.17, 15) is 8.42 Å². The maximum Gasteiger partial charge on any atom is 0.162 e. The van der Waals surface area contributed by atoms with E-state index >= 15 is 0 Å². The normalized spacial score (nSPS) is 23.8. The number of sulfone groups is 1. The van der Waals surface area contributed by atoms with Crippen LogP contribution in [0.3, 0.4) is 0 Å². The molecular weight excluding hydrogens is 188 g/mol. The first-order valence-corrected chi connectivity index (χ1v) is 5.77. The van der Waals surface area contributed by atoms with Gasteiger partial charge in [-0.25, -0.2) is 8.42 Å². The van der Waals surface area contributed by atoms with Crippen LogP contribution in [0.4, 0.5) is 0 Å². The minimum absolute atomic E-state index is 0.169. The van der Waals surface area contributed by atoms with Crippen LogP contribution in [0.2, 0.25) is 0 Å². The van der Waals surface area contributed by atoms with E-state index in [1.807, 2.05) is 0 Å². The maximum atomic E-state index is 11.7. The molecule has 2 rings (SSSR count). The Morgan fingerprint density at radius 2 is 2.31 bits per heavy atom. The molecule has 13 heavy (non-hydrogen) atoms. The summed E-state index contributed by atoms with van der Waals surface area (Å²) in [5.41, 5.74) is 0.735. The molecular formula is C8H11N2O2S. The van der Waals surface area contributed by atoms with Crippen LogP contribution in [-0.4, -0.2) is 24.0 Å². The first-order valence-electron chi connectivity index (χ1n) is 4.12. The van der Waals surface area contributed by atoms with Gasteiger partial charge in [0.05, 0.1) is 18.0 Å². The predicted octanol–water partition coefficient (Wildman–Crippen LogP) is 0.347. The second-order valence-electron chi connectivity index (χ2n) is 3.71. The largest absolute Gasteiger partial charge is 0.266 e. The third kappa shape index (κ3) is 1.03. The van der Waals surface area contributed by atoms with Gasteiger partial charge in [0.25, 0.3) is 0 Å². The highest BCUT2D eigenvalue weighted by molar-refractivity contribution is 7.92. The van der Waals surface area contributed by atoms with Gasteiger partial charge in [0.15, 0.2) is 9.84 Å². The smallest absolute Gasteiger partial charge is 0.162 e. The van der Waals surface area contributed by atoms with Crippen molar-refractivity contribution in [3.63, 3.8) is 0 Å². The average molecular weight is 199 g/mol. The van der Waals surface area contributed by atoms with E-state index < -0.39 is 14.6 Å². The lowest BCUT2D eigenvalue weighted by Crippen LogP contribution is -2.40. The number of fused-ring (bicyclic) bond motifs is 1. The minimum Gasteiger partial charge on any atom is -0.266 e. The third-order valence-electron chi connectivity index (χ3n) is 2.62. The minimum atomic E-state index is -3.03. The van der Waals surface area contributed by atoms with Crippen molar-refractivity contribution < 1.29 is 8.42 Å². The van der Waals surface area contributed by atoms with Crippen molar-refractivity contribution in [2.75, 3.05) is 5.75 Å².